The predicted octanol–water partition coefficient (Wildman–Crippen LogP) is 1.62. The molecule has 1 saturated carbocycles. The van der Waals surface area contributed by atoms with Gasteiger partial charge in [-0.3, -0.25) is 4.79 Å². The number of rotatable bonds is 3. The standard InChI is InChI=1S/C10H12O4S2/c1-14-9(11)10(5-3-6-10)16(12,13)8-4-2-7-15-8/h2,4,7H,3,5-6H2,1H3. The van der Waals surface area contributed by atoms with E-state index in [4.69, 9.17) is 0 Å². The van der Waals surface area contributed by atoms with Gasteiger partial charge >= 0.3 is 5.97 Å². The fourth-order valence-corrected chi connectivity index (χ4v) is 5.25. The van der Waals surface area contributed by atoms with Crippen LogP contribution in [0.3, 0.4) is 0 Å². The summed E-state index contributed by atoms with van der Waals surface area (Å²) in [5, 5.41) is 1.69. The van der Waals surface area contributed by atoms with Crippen molar-refractivity contribution in [2.75, 3.05) is 7.11 Å². The lowest BCUT2D eigenvalue weighted by molar-refractivity contribution is -0.146. The molecule has 1 aliphatic carbocycles. The van der Waals surface area contributed by atoms with Gasteiger partial charge in [0.2, 0.25) is 9.84 Å². The molecule has 1 aromatic rings. The van der Waals surface area contributed by atoms with E-state index in [0.717, 1.165) is 17.8 Å². The Kier molecular flexibility index (Phi) is 2.79. The molecule has 0 amide bonds. The van der Waals surface area contributed by atoms with Crippen LogP contribution in [-0.4, -0.2) is 26.2 Å². The van der Waals surface area contributed by atoms with E-state index >= 15 is 0 Å². The number of hydrogen-bond donors (Lipinski definition) is 0. The van der Waals surface area contributed by atoms with Crippen LogP contribution in [0.1, 0.15) is 19.3 Å². The van der Waals surface area contributed by atoms with Crippen molar-refractivity contribution in [1.82, 2.24) is 0 Å². The minimum absolute atomic E-state index is 0.248. The average molecular weight is 260 g/mol. The molecule has 0 unspecified atom stereocenters. The van der Waals surface area contributed by atoms with Crippen molar-refractivity contribution >= 4 is 27.1 Å². The molecule has 1 heterocycles. The topological polar surface area (TPSA) is 60.4 Å². The zero-order chi connectivity index (χ0) is 11.8. The first-order valence-electron chi connectivity index (χ1n) is 4.91. The second-order valence-electron chi connectivity index (χ2n) is 3.77. The van der Waals surface area contributed by atoms with Crippen LogP contribution in [0.2, 0.25) is 0 Å². The zero-order valence-electron chi connectivity index (χ0n) is 8.80. The highest BCUT2D eigenvalue weighted by atomic mass is 32.2. The van der Waals surface area contributed by atoms with Gasteiger partial charge in [-0.15, -0.1) is 11.3 Å². The molecule has 0 spiro atoms. The Morgan fingerprint density at radius 3 is 2.56 bits per heavy atom. The van der Waals surface area contributed by atoms with Crippen molar-refractivity contribution in [1.29, 1.82) is 0 Å². The molecule has 0 aromatic carbocycles. The van der Waals surface area contributed by atoms with Crippen LogP contribution in [0.5, 0.6) is 0 Å². The number of esters is 1. The summed E-state index contributed by atoms with van der Waals surface area (Å²) in [6.45, 7) is 0. The molecular formula is C10H12O4S2. The minimum atomic E-state index is -3.59. The van der Waals surface area contributed by atoms with E-state index in [1.54, 1.807) is 11.4 Å². The molecule has 16 heavy (non-hydrogen) atoms. The van der Waals surface area contributed by atoms with Gasteiger partial charge in [-0.25, -0.2) is 8.42 Å². The maximum Gasteiger partial charge on any atom is 0.327 e. The van der Waals surface area contributed by atoms with Crippen LogP contribution in [-0.2, 0) is 19.4 Å². The van der Waals surface area contributed by atoms with Gasteiger partial charge < -0.3 is 4.74 Å². The average Bonchev–Trinajstić information content (AvgIpc) is 2.68. The fraction of sp³-hybridized carbons (Fsp3) is 0.500. The first-order chi connectivity index (χ1) is 7.54. The van der Waals surface area contributed by atoms with E-state index in [-0.39, 0.29) is 4.21 Å². The van der Waals surface area contributed by atoms with Crippen LogP contribution in [0.25, 0.3) is 0 Å². The van der Waals surface area contributed by atoms with Crippen LogP contribution in [0.4, 0.5) is 0 Å². The quantitative estimate of drug-likeness (QED) is 0.775. The summed E-state index contributed by atoms with van der Waals surface area (Å²) in [7, 11) is -2.36. The molecular weight excluding hydrogens is 248 g/mol. The predicted molar refractivity (Wildman–Crippen MR) is 60.1 cm³/mol. The SMILES string of the molecule is COC(=O)C1(S(=O)(=O)c2cccs2)CCC1. The van der Waals surface area contributed by atoms with Gasteiger partial charge in [0.25, 0.3) is 0 Å². The van der Waals surface area contributed by atoms with Gasteiger partial charge in [0.1, 0.15) is 4.21 Å². The fourth-order valence-electron chi connectivity index (χ4n) is 1.88. The highest BCUT2D eigenvalue weighted by Gasteiger charge is 2.57. The molecule has 1 aliphatic rings. The molecule has 0 radical (unpaired) electrons. The summed E-state index contributed by atoms with van der Waals surface area (Å²) in [5.41, 5.74) is 0. The number of carbonyl (C=O) groups excluding carboxylic acids is 1. The van der Waals surface area contributed by atoms with Crippen LogP contribution in [0, 0.1) is 0 Å². The molecule has 2 rings (SSSR count). The molecule has 0 aliphatic heterocycles. The lowest BCUT2D eigenvalue weighted by atomic mass is 9.84. The zero-order valence-corrected chi connectivity index (χ0v) is 10.4. The van der Waals surface area contributed by atoms with Gasteiger partial charge in [0.05, 0.1) is 7.11 Å². The van der Waals surface area contributed by atoms with Crippen molar-refractivity contribution in [3.05, 3.63) is 17.5 Å². The molecule has 0 atom stereocenters. The third-order valence-electron chi connectivity index (χ3n) is 2.99. The van der Waals surface area contributed by atoms with E-state index in [1.807, 2.05) is 0 Å². The highest BCUT2D eigenvalue weighted by Crippen LogP contribution is 2.44. The number of methoxy groups -OCH3 is 1. The van der Waals surface area contributed by atoms with Crippen LogP contribution >= 0.6 is 11.3 Å². The number of sulfone groups is 1. The lowest BCUT2D eigenvalue weighted by Gasteiger charge is -2.37. The van der Waals surface area contributed by atoms with Gasteiger partial charge in [0.15, 0.2) is 4.75 Å². The molecule has 1 aromatic heterocycles. The highest BCUT2D eigenvalue weighted by molar-refractivity contribution is 7.95. The molecule has 6 heteroatoms. The van der Waals surface area contributed by atoms with Gasteiger partial charge in [-0.05, 0) is 30.7 Å². The largest absolute Gasteiger partial charge is 0.468 e. The van der Waals surface area contributed by atoms with Crippen molar-refractivity contribution in [2.24, 2.45) is 0 Å². The smallest absolute Gasteiger partial charge is 0.327 e. The number of carbonyl (C=O) groups is 1. The number of ether oxygens (including phenoxy) is 1. The van der Waals surface area contributed by atoms with Gasteiger partial charge in [-0.2, -0.15) is 0 Å². The van der Waals surface area contributed by atoms with Crippen LogP contribution in [0.15, 0.2) is 21.7 Å². The lowest BCUT2D eigenvalue weighted by Crippen LogP contribution is -2.52. The molecule has 0 bridgehead atoms. The molecule has 0 N–H and O–H groups in total. The third-order valence-corrected chi connectivity index (χ3v) is 6.87. The third kappa shape index (κ3) is 1.40. The monoisotopic (exact) mass is 260 g/mol. The Balaban J connectivity index is 2.47. The number of thiophene rings is 1. The summed E-state index contributed by atoms with van der Waals surface area (Å²) in [6.07, 6.45) is 1.47. The van der Waals surface area contributed by atoms with Crippen molar-refractivity contribution in [2.45, 2.75) is 28.2 Å². The van der Waals surface area contributed by atoms with E-state index in [1.165, 1.54) is 13.2 Å². The molecule has 0 saturated heterocycles. The van der Waals surface area contributed by atoms with E-state index in [0.29, 0.717) is 12.8 Å². The number of hydrogen-bond acceptors (Lipinski definition) is 5. The summed E-state index contributed by atoms with van der Waals surface area (Å²) in [5.74, 6) is -0.632. The van der Waals surface area contributed by atoms with Gasteiger partial charge in [-0.1, -0.05) is 6.07 Å². The maximum atomic E-state index is 12.3. The van der Waals surface area contributed by atoms with Crippen LogP contribution < -0.4 is 0 Å². The van der Waals surface area contributed by atoms with Crippen molar-refractivity contribution < 1.29 is 17.9 Å². The Labute approximate surface area is 98.2 Å². The summed E-state index contributed by atoms with van der Waals surface area (Å²) >= 11 is 1.14. The Morgan fingerprint density at radius 1 is 1.50 bits per heavy atom. The minimum Gasteiger partial charge on any atom is -0.468 e. The Hall–Kier alpha value is -0.880. The van der Waals surface area contributed by atoms with Crippen molar-refractivity contribution in [3.63, 3.8) is 0 Å². The molecule has 88 valence electrons. The molecule has 4 nitrogen and oxygen atoms in total. The Morgan fingerprint density at radius 2 is 2.19 bits per heavy atom. The van der Waals surface area contributed by atoms with E-state index in [9.17, 15) is 13.2 Å². The first-order valence-corrected chi connectivity index (χ1v) is 7.27. The summed E-state index contributed by atoms with van der Waals surface area (Å²) in [4.78, 5) is 11.7. The van der Waals surface area contributed by atoms with Crippen molar-refractivity contribution in [3.8, 4) is 0 Å². The molecule has 1 fully saturated rings. The van der Waals surface area contributed by atoms with Gasteiger partial charge in [0, 0.05) is 0 Å². The summed E-state index contributed by atoms with van der Waals surface area (Å²) < 4.78 is 28.2. The normalized spacial score (nSPS) is 18.8. The maximum absolute atomic E-state index is 12.3. The Bertz CT molecular complexity index is 483. The first kappa shape index (κ1) is 11.6. The second-order valence-corrected chi connectivity index (χ2v) is 7.21. The van der Waals surface area contributed by atoms with E-state index < -0.39 is 20.6 Å². The van der Waals surface area contributed by atoms with E-state index in [2.05, 4.69) is 4.74 Å². The summed E-state index contributed by atoms with van der Waals surface area (Å²) in [6, 6.07) is 3.20. The second kappa shape index (κ2) is 3.85.